The van der Waals surface area contributed by atoms with E-state index in [0.29, 0.717) is 52.0 Å². The first-order chi connectivity index (χ1) is 19.3. The second-order valence-corrected chi connectivity index (χ2v) is 10.3. The molecule has 0 bridgehead atoms. The molecule has 0 N–H and O–H groups in total. The molecule has 1 saturated heterocycles. The molecule has 0 saturated carbocycles. The predicted octanol–water partition coefficient (Wildman–Crippen LogP) is 6.35. The summed E-state index contributed by atoms with van der Waals surface area (Å²) in [7, 11) is 0. The predicted molar refractivity (Wildman–Crippen MR) is 148 cm³/mol. The van der Waals surface area contributed by atoms with Gasteiger partial charge in [-0.05, 0) is 44.5 Å². The number of benzene rings is 2. The van der Waals surface area contributed by atoms with Gasteiger partial charge in [-0.1, -0.05) is 11.6 Å². The Morgan fingerprint density at radius 1 is 1.10 bits per heavy atom. The van der Waals surface area contributed by atoms with Crippen molar-refractivity contribution >= 4 is 33.5 Å². The summed E-state index contributed by atoms with van der Waals surface area (Å²) in [5.74, 6) is 0.567. The zero-order chi connectivity index (χ0) is 28.0. The van der Waals surface area contributed by atoms with Gasteiger partial charge in [-0.15, -0.1) is 0 Å². The molecule has 0 amide bonds. The standard InChI is InChI=1S/C29H24ClF2N7O/c1-16-5-8-34-29(36-16)40-18-3-4-19(22(30)11-18)20-12-21-25(13-23(20)31)35-14-26-28(21)39(17(2)37-26)27-6-9-38(10-7-33)15-24(27)32/h3-5,8,11-14,24,27H,6,9-10,15H2,1-2H3/t24-,27?/m1/s1. The maximum atomic E-state index is 15.5. The molecule has 1 fully saturated rings. The average molecular weight is 560 g/mol. The molecule has 2 atom stereocenters. The fourth-order valence-electron chi connectivity index (χ4n) is 5.37. The first kappa shape index (κ1) is 26.0. The summed E-state index contributed by atoms with van der Waals surface area (Å²) >= 11 is 6.62. The molecule has 40 heavy (non-hydrogen) atoms. The van der Waals surface area contributed by atoms with Crippen molar-refractivity contribution in [1.82, 2.24) is 29.4 Å². The number of pyridine rings is 1. The topological polar surface area (TPSA) is 92.8 Å². The minimum Gasteiger partial charge on any atom is -0.424 e. The molecule has 5 aromatic rings. The lowest BCUT2D eigenvalue weighted by molar-refractivity contribution is 0.0996. The Morgan fingerprint density at radius 2 is 1.95 bits per heavy atom. The molecule has 6 rings (SSSR count). The minimum absolute atomic E-state index is 0.165. The van der Waals surface area contributed by atoms with Crippen LogP contribution in [0.15, 0.2) is 48.8 Å². The molecular weight excluding hydrogens is 536 g/mol. The third-order valence-electron chi connectivity index (χ3n) is 7.21. The molecule has 8 nitrogen and oxygen atoms in total. The number of ether oxygens (including phenoxy) is 1. The number of hydrogen-bond acceptors (Lipinski definition) is 7. The molecule has 4 heterocycles. The van der Waals surface area contributed by atoms with Crippen molar-refractivity contribution in [2.75, 3.05) is 19.6 Å². The van der Waals surface area contributed by atoms with Crippen molar-refractivity contribution in [1.29, 1.82) is 5.26 Å². The van der Waals surface area contributed by atoms with Crippen LogP contribution in [0, 0.1) is 31.0 Å². The number of aromatic nitrogens is 5. The zero-order valence-corrected chi connectivity index (χ0v) is 22.5. The maximum Gasteiger partial charge on any atom is 0.322 e. The monoisotopic (exact) mass is 559 g/mol. The van der Waals surface area contributed by atoms with E-state index in [1.165, 1.54) is 6.07 Å². The van der Waals surface area contributed by atoms with E-state index in [1.54, 1.807) is 42.7 Å². The van der Waals surface area contributed by atoms with Crippen molar-refractivity contribution in [2.24, 2.45) is 0 Å². The fourth-order valence-corrected chi connectivity index (χ4v) is 5.65. The Labute approximate surface area is 233 Å². The molecule has 1 aliphatic rings. The van der Waals surface area contributed by atoms with Crippen LogP contribution in [-0.4, -0.2) is 55.2 Å². The van der Waals surface area contributed by atoms with Crippen molar-refractivity contribution in [3.8, 4) is 29.0 Å². The summed E-state index contributed by atoms with van der Waals surface area (Å²) in [6, 6.07) is 11.6. The lowest BCUT2D eigenvalue weighted by Gasteiger charge is -2.35. The van der Waals surface area contributed by atoms with Crippen LogP contribution in [0.5, 0.6) is 11.8 Å². The van der Waals surface area contributed by atoms with Crippen LogP contribution in [0.25, 0.3) is 33.1 Å². The number of hydrogen-bond donors (Lipinski definition) is 0. The number of likely N-dealkylation sites (tertiary alicyclic amines) is 1. The van der Waals surface area contributed by atoms with E-state index in [4.69, 9.17) is 21.6 Å². The summed E-state index contributed by atoms with van der Waals surface area (Å²) in [5, 5.41) is 9.95. The summed E-state index contributed by atoms with van der Waals surface area (Å²) < 4.78 is 38.5. The smallest absolute Gasteiger partial charge is 0.322 e. The highest BCUT2D eigenvalue weighted by Crippen LogP contribution is 2.38. The molecule has 0 spiro atoms. The van der Waals surface area contributed by atoms with Gasteiger partial charge in [-0.25, -0.2) is 23.7 Å². The number of aryl methyl sites for hydroxylation is 2. The van der Waals surface area contributed by atoms with Crippen molar-refractivity contribution in [3.05, 3.63) is 71.2 Å². The van der Waals surface area contributed by atoms with Gasteiger partial charge in [-0.2, -0.15) is 5.26 Å². The van der Waals surface area contributed by atoms with Crippen LogP contribution >= 0.6 is 11.6 Å². The largest absolute Gasteiger partial charge is 0.424 e. The summed E-state index contributed by atoms with van der Waals surface area (Å²) in [6.07, 6.45) is 2.51. The van der Waals surface area contributed by atoms with Crippen LogP contribution in [0.2, 0.25) is 5.02 Å². The fraction of sp³-hybridized carbons (Fsp3) is 0.276. The van der Waals surface area contributed by atoms with E-state index in [9.17, 15) is 0 Å². The van der Waals surface area contributed by atoms with E-state index >= 15 is 8.78 Å². The number of nitrogens with zero attached hydrogens (tertiary/aromatic N) is 7. The Kier molecular flexibility index (Phi) is 6.78. The Bertz CT molecular complexity index is 1800. The molecule has 0 aliphatic carbocycles. The van der Waals surface area contributed by atoms with E-state index < -0.39 is 18.0 Å². The van der Waals surface area contributed by atoms with E-state index in [0.717, 1.165) is 5.69 Å². The van der Waals surface area contributed by atoms with E-state index in [1.807, 2.05) is 23.3 Å². The van der Waals surface area contributed by atoms with Gasteiger partial charge < -0.3 is 9.30 Å². The minimum atomic E-state index is -1.19. The Morgan fingerprint density at radius 3 is 2.70 bits per heavy atom. The summed E-state index contributed by atoms with van der Waals surface area (Å²) in [5.41, 5.74) is 3.22. The van der Waals surface area contributed by atoms with Crippen LogP contribution in [-0.2, 0) is 0 Å². The molecule has 1 aliphatic heterocycles. The van der Waals surface area contributed by atoms with Gasteiger partial charge in [0, 0.05) is 53.6 Å². The summed E-state index contributed by atoms with van der Waals surface area (Å²) in [6.45, 7) is 4.61. The number of nitriles is 1. The molecule has 3 aromatic heterocycles. The molecule has 1 unspecified atom stereocenters. The second-order valence-electron chi connectivity index (χ2n) is 9.86. The number of piperidine rings is 1. The molecule has 2 aromatic carbocycles. The van der Waals surface area contributed by atoms with Gasteiger partial charge in [0.1, 0.15) is 29.1 Å². The molecule has 0 radical (unpaired) electrons. The van der Waals surface area contributed by atoms with Gasteiger partial charge >= 0.3 is 6.01 Å². The Hall–Kier alpha value is -4.20. The molecule has 202 valence electrons. The summed E-state index contributed by atoms with van der Waals surface area (Å²) in [4.78, 5) is 19.2. The number of rotatable bonds is 5. The van der Waals surface area contributed by atoms with Crippen LogP contribution < -0.4 is 4.74 Å². The number of halogens is 3. The first-order valence-corrected chi connectivity index (χ1v) is 13.2. The highest BCUT2D eigenvalue weighted by Gasteiger charge is 2.33. The number of imidazole rings is 1. The third kappa shape index (κ3) is 4.72. The van der Waals surface area contributed by atoms with E-state index in [-0.39, 0.29) is 29.7 Å². The lowest BCUT2D eigenvalue weighted by Crippen LogP contribution is -2.43. The van der Waals surface area contributed by atoms with Gasteiger partial charge in [0.25, 0.3) is 0 Å². The average Bonchev–Trinajstić information content (AvgIpc) is 3.25. The van der Waals surface area contributed by atoms with Gasteiger partial charge in [0.2, 0.25) is 0 Å². The quantitative estimate of drug-likeness (QED) is 0.232. The van der Waals surface area contributed by atoms with Crippen molar-refractivity contribution < 1.29 is 13.5 Å². The Balaban J connectivity index is 1.43. The van der Waals surface area contributed by atoms with Crippen molar-refractivity contribution in [2.45, 2.75) is 32.5 Å². The van der Waals surface area contributed by atoms with Gasteiger partial charge in [-0.3, -0.25) is 9.88 Å². The third-order valence-corrected chi connectivity index (χ3v) is 7.52. The first-order valence-electron chi connectivity index (χ1n) is 12.8. The SMILES string of the molecule is Cc1ccnc(Oc2ccc(-c3cc4c(cc3F)ncc3nc(C)n(C5CCN(CC#N)C[C@H]5F)c34)c(Cl)c2)n1. The number of fused-ring (bicyclic) bond motifs is 3. The van der Waals surface area contributed by atoms with Crippen molar-refractivity contribution in [3.63, 3.8) is 0 Å². The normalized spacial score (nSPS) is 17.8. The lowest BCUT2D eigenvalue weighted by atomic mass is 10.00. The second kappa shape index (κ2) is 10.4. The van der Waals surface area contributed by atoms with Gasteiger partial charge in [0.05, 0.1) is 40.9 Å². The van der Waals surface area contributed by atoms with Gasteiger partial charge in [0.15, 0.2) is 0 Å². The highest BCUT2D eigenvalue weighted by molar-refractivity contribution is 6.33. The van der Waals surface area contributed by atoms with Crippen LogP contribution in [0.1, 0.15) is 24.0 Å². The zero-order valence-electron chi connectivity index (χ0n) is 21.8. The maximum absolute atomic E-state index is 15.5. The van der Waals surface area contributed by atoms with Crippen LogP contribution in [0.4, 0.5) is 8.78 Å². The molecule has 11 heteroatoms. The highest BCUT2D eigenvalue weighted by atomic mass is 35.5. The molecular formula is C29H24ClF2N7O. The van der Waals surface area contributed by atoms with E-state index in [2.05, 4.69) is 26.0 Å². The van der Waals surface area contributed by atoms with Crippen LogP contribution in [0.3, 0.4) is 0 Å². The number of alkyl halides is 1.